The number of benzene rings is 2. The van der Waals surface area contributed by atoms with Crippen molar-refractivity contribution in [1.29, 1.82) is 0 Å². The van der Waals surface area contributed by atoms with Crippen LogP contribution in [-0.4, -0.2) is 48.6 Å². The molecule has 1 aliphatic rings. The SMILES string of the molecule is Cc1sc2cc(Cl)c(F)cc2c1-c1ccc(N2CCO[C@H](CO)C2)c(C(=O)O)c1. The van der Waals surface area contributed by atoms with Crippen LogP contribution in [0.2, 0.25) is 5.02 Å². The molecule has 1 aliphatic heterocycles. The number of hydrogen-bond acceptors (Lipinski definition) is 5. The molecule has 3 aromatic rings. The molecule has 4 rings (SSSR count). The van der Waals surface area contributed by atoms with Crippen molar-refractivity contribution in [3.05, 3.63) is 51.6 Å². The van der Waals surface area contributed by atoms with Gasteiger partial charge in [-0.25, -0.2) is 9.18 Å². The van der Waals surface area contributed by atoms with E-state index in [-0.39, 0.29) is 23.3 Å². The molecule has 0 spiro atoms. The second kappa shape index (κ2) is 7.91. The van der Waals surface area contributed by atoms with Gasteiger partial charge in [0, 0.05) is 33.6 Å². The number of thiophene rings is 1. The molecule has 0 radical (unpaired) electrons. The lowest BCUT2D eigenvalue weighted by Gasteiger charge is -2.34. The van der Waals surface area contributed by atoms with E-state index < -0.39 is 11.8 Å². The van der Waals surface area contributed by atoms with Crippen molar-refractivity contribution in [3.8, 4) is 11.1 Å². The van der Waals surface area contributed by atoms with Crippen LogP contribution in [0.4, 0.5) is 10.1 Å². The number of anilines is 1. The molecule has 2 N–H and O–H groups in total. The normalized spacial score (nSPS) is 17.1. The summed E-state index contributed by atoms with van der Waals surface area (Å²) >= 11 is 7.41. The van der Waals surface area contributed by atoms with Gasteiger partial charge in [0.05, 0.1) is 35.6 Å². The largest absolute Gasteiger partial charge is 0.478 e. The first-order chi connectivity index (χ1) is 13.9. The Hall–Kier alpha value is -2.19. The van der Waals surface area contributed by atoms with Crippen LogP contribution in [0.3, 0.4) is 0 Å². The molecule has 29 heavy (non-hydrogen) atoms. The molecule has 1 atom stereocenters. The quantitative estimate of drug-likeness (QED) is 0.628. The third-order valence-electron chi connectivity index (χ3n) is 5.11. The number of fused-ring (bicyclic) bond motifs is 1. The first-order valence-corrected chi connectivity index (χ1v) is 10.3. The van der Waals surface area contributed by atoms with Crippen LogP contribution >= 0.6 is 22.9 Å². The molecular formula is C21H19ClFNO4S. The van der Waals surface area contributed by atoms with Crippen molar-refractivity contribution >= 4 is 44.7 Å². The van der Waals surface area contributed by atoms with Gasteiger partial charge in [0.15, 0.2) is 0 Å². The van der Waals surface area contributed by atoms with Crippen LogP contribution in [0.1, 0.15) is 15.2 Å². The third kappa shape index (κ3) is 3.71. The number of aliphatic hydroxyl groups is 1. The summed E-state index contributed by atoms with van der Waals surface area (Å²) in [5.74, 6) is -1.54. The Bertz CT molecular complexity index is 1100. The zero-order valence-electron chi connectivity index (χ0n) is 15.6. The van der Waals surface area contributed by atoms with E-state index in [2.05, 4.69) is 0 Å². The average Bonchev–Trinajstić information content (AvgIpc) is 3.02. The molecule has 2 aromatic carbocycles. The maximum Gasteiger partial charge on any atom is 0.337 e. The molecule has 5 nitrogen and oxygen atoms in total. The lowest BCUT2D eigenvalue weighted by atomic mass is 9.98. The topological polar surface area (TPSA) is 70.0 Å². The van der Waals surface area contributed by atoms with Gasteiger partial charge in [0.2, 0.25) is 0 Å². The number of nitrogens with zero attached hydrogens (tertiary/aromatic N) is 1. The van der Waals surface area contributed by atoms with Gasteiger partial charge in [-0.3, -0.25) is 0 Å². The summed E-state index contributed by atoms with van der Waals surface area (Å²) in [6.45, 7) is 3.18. The first-order valence-electron chi connectivity index (χ1n) is 9.12. The molecule has 0 unspecified atom stereocenters. The van der Waals surface area contributed by atoms with Crippen LogP contribution in [0.25, 0.3) is 21.2 Å². The van der Waals surface area contributed by atoms with E-state index >= 15 is 0 Å². The number of carbonyl (C=O) groups is 1. The summed E-state index contributed by atoms with van der Waals surface area (Å²) in [6.07, 6.45) is -0.346. The van der Waals surface area contributed by atoms with E-state index in [0.29, 0.717) is 36.3 Å². The van der Waals surface area contributed by atoms with E-state index in [1.54, 1.807) is 18.2 Å². The second-order valence-electron chi connectivity index (χ2n) is 6.95. The number of hydrogen-bond donors (Lipinski definition) is 2. The molecule has 1 aromatic heterocycles. The molecule has 2 heterocycles. The van der Waals surface area contributed by atoms with E-state index in [1.165, 1.54) is 17.4 Å². The highest BCUT2D eigenvalue weighted by molar-refractivity contribution is 7.19. The number of carboxylic acid groups (broad SMARTS) is 1. The molecule has 0 aliphatic carbocycles. The van der Waals surface area contributed by atoms with Crippen molar-refractivity contribution in [3.63, 3.8) is 0 Å². The fraction of sp³-hybridized carbons (Fsp3) is 0.286. The number of aryl methyl sites for hydroxylation is 1. The van der Waals surface area contributed by atoms with Gasteiger partial charge in [0.1, 0.15) is 5.82 Å². The van der Waals surface area contributed by atoms with Crippen LogP contribution in [0.15, 0.2) is 30.3 Å². The predicted octanol–water partition coefficient (Wildman–Crippen LogP) is 4.56. The number of aromatic carboxylic acids is 1. The lowest BCUT2D eigenvalue weighted by Crippen LogP contribution is -2.44. The van der Waals surface area contributed by atoms with Crippen molar-refractivity contribution in [2.24, 2.45) is 0 Å². The fourth-order valence-electron chi connectivity index (χ4n) is 3.76. The summed E-state index contributed by atoms with van der Waals surface area (Å²) in [5.41, 5.74) is 2.26. The summed E-state index contributed by atoms with van der Waals surface area (Å²) in [5, 5.41) is 20.0. The van der Waals surface area contributed by atoms with Crippen molar-refractivity contribution < 1.29 is 24.1 Å². The minimum absolute atomic E-state index is 0.0672. The molecule has 0 saturated carbocycles. The Kier molecular flexibility index (Phi) is 5.48. The predicted molar refractivity (Wildman–Crippen MR) is 113 cm³/mol. The number of carboxylic acids is 1. The monoisotopic (exact) mass is 435 g/mol. The number of aliphatic hydroxyl groups excluding tert-OH is 1. The molecule has 0 bridgehead atoms. The molecule has 8 heteroatoms. The minimum atomic E-state index is -1.04. The highest BCUT2D eigenvalue weighted by atomic mass is 35.5. The Balaban J connectivity index is 1.82. The number of morpholine rings is 1. The zero-order valence-corrected chi connectivity index (χ0v) is 17.2. The van der Waals surface area contributed by atoms with Crippen molar-refractivity contribution in [2.75, 3.05) is 31.2 Å². The molecule has 1 fully saturated rings. The second-order valence-corrected chi connectivity index (χ2v) is 8.62. The smallest absolute Gasteiger partial charge is 0.337 e. The van der Waals surface area contributed by atoms with Crippen LogP contribution in [0.5, 0.6) is 0 Å². The molecule has 152 valence electrons. The molecular weight excluding hydrogens is 417 g/mol. The summed E-state index contributed by atoms with van der Waals surface area (Å²) < 4.78 is 20.4. The number of rotatable bonds is 4. The van der Waals surface area contributed by atoms with Crippen LogP contribution in [-0.2, 0) is 4.74 Å². The Morgan fingerprint density at radius 3 is 2.90 bits per heavy atom. The van der Waals surface area contributed by atoms with Crippen molar-refractivity contribution in [1.82, 2.24) is 0 Å². The maximum atomic E-state index is 14.1. The Labute approximate surface area is 175 Å². The highest BCUT2D eigenvalue weighted by Crippen LogP contribution is 2.41. The average molecular weight is 436 g/mol. The van der Waals surface area contributed by atoms with Gasteiger partial charge in [-0.05, 0) is 36.8 Å². The summed E-state index contributed by atoms with van der Waals surface area (Å²) in [6, 6.07) is 8.25. The van der Waals surface area contributed by atoms with E-state index in [4.69, 9.17) is 16.3 Å². The Morgan fingerprint density at radius 1 is 1.38 bits per heavy atom. The van der Waals surface area contributed by atoms with Crippen molar-refractivity contribution in [2.45, 2.75) is 13.0 Å². The van der Waals surface area contributed by atoms with Gasteiger partial charge in [-0.15, -0.1) is 11.3 Å². The number of halogens is 2. The minimum Gasteiger partial charge on any atom is -0.478 e. The molecule has 1 saturated heterocycles. The van der Waals surface area contributed by atoms with E-state index in [1.807, 2.05) is 17.9 Å². The van der Waals surface area contributed by atoms with E-state index in [9.17, 15) is 19.4 Å². The number of ether oxygens (including phenoxy) is 1. The van der Waals surface area contributed by atoms with Gasteiger partial charge >= 0.3 is 5.97 Å². The fourth-order valence-corrected chi connectivity index (χ4v) is 5.10. The third-order valence-corrected chi connectivity index (χ3v) is 6.46. The maximum absolute atomic E-state index is 14.1. The summed E-state index contributed by atoms with van der Waals surface area (Å²) in [7, 11) is 0. The van der Waals surface area contributed by atoms with Gasteiger partial charge < -0.3 is 19.8 Å². The standard InChI is InChI=1S/C21H19ClFNO4S/c1-11-20(15-7-17(23)16(22)8-19(15)29-11)12-2-3-18(14(6-12)21(26)27)24-4-5-28-13(9-24)10-25/h2-3,6-8,13,25H,4-5,9-10H2,1H3,(H,26,27)/t13-/m0/s1. The first kappa shape index (κ1) is 20.1. The zero-order chi connectivity index (χ0) is 20.7. The highest BCUT2D eigenvalue weighted by Gasteiger charge is 2.25. The van der Waals surface area contributed by atoms with Gasteiger partial charge in [-0.2, -0.15) is 0 Å². The van der Waals surface area contributed by atoms with Gasteiger partial charge in [-0.1, -0.05) is 17.7 Å². The van der Waals surface area contributed by atoms with Gasteiger partial charge in [0.25, 0.3) is 0 Å². The summed E-state index contributed by atoms with van der Waals surface area (Å²) in [4.78, 5) is 14.9. The molecule has 0 amide bonds. The van der Waals surface area contributed by atoms with E-state index in [0.717, 1.165) is 15.1 Å². The lowest BCUT2D eigenvalue weighted by molar-refractivity contribution is 0.00349. The Morgan fingerprint density at radius 2 is 2.17 bits per heavy atom. The van der Waals surface area contributed by atoms with Crippen LogP contribution in [0, 0.1) is 12.7 Å². The van der Waals surface area contributed by atoms with Crippen LogP contribution < -0.4 is 4.90 Å².